The minimum Gasteiger partial charge on any atom is -0.453 e. The van der Waals surface area contributed by atoms with Crippen LogP contribution in [0.4, 0.5) is 0 Å². The van der Waals surface area contributed by atoms with E-state index in [1.54, 1.807) is 13.8 Å². The molecule has 2 N–H and O–H groups in total. The quantitative estimate of drug-likeness (QED) is 0.480. The lowest BCUT2D eigenvalue weighted by Gasteiger charge is -2.19. The zero-order valence-electron chi connectivity index (χ0n) is 17.4. The van der Waals surface area contributed by atoms with Gasteiger partial charge in [0, 0.05) is 13.1 Å². The Bertz CT molecular complexity index is 846. The average molecular weight is 411 g/mol. The van der Waals surface area contributed by atoms with Gasteiger partial charge in [0.25, 0.3) is 5.91 Å². The Balaban J connectivity index is 2.77. The van der Waals surface area contributed by atoms with Crippen molar-refractivity contribution in [2.24, 2.45) is 0 Å². The standard InChI is InChI=1S/C20H30N2O5S/c1-8-10-21-20(24)17(7)27-18(23)9-11-22-28(25,26)19-15(5)13(3)12(2)14(4)16(19)6/h8,17,22H,1,9-11H2,2-7H3,(H,21,24)/t17-/m1/s1. The summed E-state index contributed by atoms with van der Waals surface area (Å²) in [4.78, 5) is 23.8. The molecule has 0 heterocycles. The number of carbonyl (C=O) groups excluding carboxylic acids is 2. The maximum absolute atomic E-state index is 12.8. The molecule has 0 fully saturated rings. The normalized spacial score (nSPS) is 12.4. The molecule has 1 amide bonds. The molecule has 28 heavy (non-hydrogen) atoms. The molecule has 0 aliphatic carbocycles. The molecule has 156 valence electrons. The Morgan fingerprint density at radius 1 is 1.04 bits per heavy atom. The van der Waals surface area contributed by atoms with Gasteiger partial charge in [-0.3, -0.25) is 9.59 Å². The first-order valence-electron chi connectivity index (χ1n) is 9.08. The lowest BCUT2D eigenvalue weighted by Crippen LogP contribution is -2.36. The van der Waals surface area contributed by atoms with E-state index in [2.05, 4.69) is 16.6 Å². The van der Waals surface area contributed by atoms with E-state index in [9.17, 15) is 18.0 Å². The van der Waals surface area contributed by atoms with Crippen molar-refractivity contribution >= 4 is 21.9 Å². The number of nitrogens with one attached hydrogen (secondary N) is 2. The van der Waals surface area contributed by atoms with Gasteiger partial charge in [0.05, 0.1) is 11.3 Å². The van der Waals surface area contributed by atoms with Gasteiger partial charge in [0.15, 0.2) is 6.10 Å². The Morgan fingerprint density at radius 2 is 1.54 bits per heavy atom. The first-order valence-corrected chi connectivity index (χ1v) is 10.6. The summed E-state index contributed by atoms with van der Waals surface area (Å²) in [7, 11) is -3.78. The number of benzene rings is 1. The Morgan fingerprint density at radius 3 is 2.04 bits per heavy atom. The fourth-order valence-corrected chi connectivity index (χ4v) is 4.48. The Hall–Kier alpha value is -2.19. The van der Waals surface area contributed by atoms with Crippen molar-refractivity contribution in [1.29, 1.82) is 0 Å². The van der Waals surface area contributed by atoms with Crippen LogP contribution in [0.25, 0.3) is 0 Å². The minimum absolute atomic E-state index is 0.118. The fraction of sp³-hybridized carbons (Fsp3) is 0.500. The van der Waals surface area contributed by atoms with Crippen LogP contribution in [0.2, 0.25) is 0 Å². The lowest BCUT2D eigenvalue weighted by molar-refractivity contribution is -0.154. The monoisotopic (exact) mass is 410 g/mol. The molecular weight excluding hydrogens is 380 g/mol. The highest BCUT2D eigenvalue weighted by Crippen LogP contribution is 2.29. The van der Waals surface area contributed by atoms with Crippen molar-refractivity contribution in [3.63, 3.8) is 0 Å². The van der Waals surface area contributed by atoms with Gasteiger partial charge in [-0.2, -0.15) is 0 Å². The van der Waals surface area contributed by atoms with Crippen LogP contribution in [0.1, 0.15) is 41.2 Å². The number of sulfonamides is 1. The van der Waals surface area contributed by atoms with Crippen LogP contribution in [-0.2, 0) is 24.3 Å². The van der Waals surface area contributed by atoms with E-state index in [1.165, 1.54) is 13.0 Å². The molecule has 0 radical (unpaired) electrons. The Kier molecular flexibility index (Phi) is 8.38. The number of carbonyl (C=O) groups is 2. The molecule has 0 saturated carbocycles. The molecule has 0 aliphatic heterocycles. The predicted molar refractivity (Wildman–Crippen MR) is 109 cm³/mol. The molecule has 0 aliphatic rings. The summed E-state index contributed by atoms with van der Waals surface area (Å²) < 4.78 is 33.0. The fourth-order valence-electron chi connectivity index (χ4n) is 2.85. The summed E-state index contributed by atoms with van der Waals surface area (Å²) >= 11 is 0. The van der Waals surface area contributed by atoms with Gasteiger partial charge >= 0.3 is 5.97 Å². The number of ether oxygens (including phenoxy) is 1. The van der Waals surface area contributed by atoms with E-state index in [0.29, 0.717) is 11.1 Å². The number of amides is 1. The zero-order valence-corrected chi connectivity index (χ0v) is 18.2. The van der Waals surface area contributed by atoms with Crippen LogP contribution in [0, 0.1) is 34.6 Å². The maximum atomic E-state index is 12.8. The number of hydrogen-bond acceptors (Lipinski definition) is 5. The summed E-state index contributed by atoms with van der Waals surface area (Å²) in [6, 6.07) is 0. The van der Waals surface area contributed by atoms with Gasteiger partial charge in [-0.1, -0.05) is 6.08 Å². The van der Waals surface area contributed by atoms with Gasteiger partial charge in [-0.05, 0) is 69.4 Å². The summed E-state index contributed by atoms with van der Waals surface area (Å²) in [5, 5.41) is 2.52. The highest BCUT2D eigenvalue weighted by molar-refractivity contribution is 7.89. The first kappa shape index (κ1) is 23.8. The highest BCUT2D eigenvalue weighted by atomic mass is 32.2. The van der Waals surface area contributed by atoms with Gasteiger partial charge in [0.1, 0.15) is 0 Å². The molecule has 1 atom stereocenters. The van der Waals surface area contributed by atoms with Gasteiger partial charge in [-0.25, -0.2) is 13.1 Å². The molecule has 1 rings (SSSR count). The van der Waals surface area contributed by atoms with E-state index in [4.69, 9.17) is 4.74 Å². The topological polar surface area (TPSA) is 102 Å². The molecular formula is C20H30N2O5S. The SMILES string of the molecule is C=CCNC(=O)[C@@H](C)OC(=O)CCNS(=O)(=O)c1c(C)c(C)c(C)c(C)c1C. The van der Waals surface area contributed by atoms with Crippen molar-refractivity contribution < 1.29 is 22.7 Å². The van der Waals surface area contributed by atoms with Crippen LogP contribution < -0.4 is 10.0 Å². The van der Waals surface area contributed by atoms with Crippen LogP contribution >= 0.6 is 0 Å². The van der Waals surface area contributed by atoms with E-state index < -0.39 is 28.0 Å². The molecule has 7 nitrogen and oxygen atoms in total. The summed E-state index contributed by atoms with van der Waals surface area (Å²) in [6.45, 7) is 14.4. The summed E-state index contributed by atoms with van der Waals surface area (Å²) in [6.07, 6.45) is 0.371. The lowest BCUT2D eigenvalue weighted by atomic mass is 9.95. The second-order valence-corrected chi connectivity index (χ2v) is 8.47. The molecule has 0 aromatic heterocycles. The number of hydrogen-bond donors (Lipinski definition) is 2. The zero-order chi connectivity index (χ0) is 21.6. The van der Waals surface area contributed by atoms with Crippen LogP contribution in [-0.4, -0.2) is 39.5 Å². The number of esters is 1. The van der Waals surface area contributed by atoms with Crippen molar-refractivity contribution in [3.05, 3.63) is 40.5 Å². The molecule has 0 unspecified atom stereocenters. The maximum Gasteiger partial charge on any atom is 0.307 e. The number of rotatable bonds is 9. The third-order valence-electron chi connectivity index (χ3n) is 4.92. The van der Waals surface area contributed by atoms with E-state index in [-0.39, 0.29) is 24.4 Å². The minimum atomic E-state index is -3.78. The van der Waals surface area contributed by atoms with E-state index in [1.807, 2.05) is 20.8 Å². The third kappa shape index (κ3) is 5.65. The van der Waals surface area contributed by atoms with Crippen LogP contribution in [0.3, 0.4) is 0 Å². The molecule has 1 aromatic carbocycles. The van der Waals surface area contributed by atoms with Crippen molar-refractivity contribution in [2.45, 2.75) is 59.0 Å². The Labute approximate surface area is 167 Å². The smallest absolute Gasteiger partial charge is 0.307 e. The van der Waals surface area contributed by atoms with Crippen molar-refractivity contribution in [2.75, 3.05) is 13.1 Å². The van der Waals surface area contributed by atoms with E-state index >= 15 is 0 Å². The third-order valence-corrected chi connectivity index (χ3v) is 6.65. The molecule has 1 aromatic rings. The van der Waals surface area contributed by atoms with Gasteiger partial charge < -0.3 is 10.1 Å². The summed E-state index contributed by atoms with van der Waals surface area (Å²) in [5.74, 6) is -1.10. The van der Waals surface area contributed by atoms with Gasteiger partial charge in [-0.15, -0.1) is 6.58 Å². The first-order chi connectivity index (χ1) is 12.9. The highest BCUT2D eigenvalue weighted by Gasteiger charge is 2.24. The van der Waals surface area contributed by atoms with Crippen LogP contribution in [0.5, 0.6) is 0 Å². The van der Waals surface area contributed by atoms with Gasteiger partial charge in [0.2, 0.25) is 10.0 Å². The predicted octanol–water partition coefficient (Wildman–Crippen LogP) is 2.13. The van der Waals surface area contributed by atoms with Crippen molar-refractivity contribution in [3.8, 4) is 0 Å². The molecule has 8 heteroatoms. The largest absolute Gasteiger partial charge is 0.453 e. The van der Waals surface area contributed by atoms with E-state index in [0.717, 1.165) is 16.7 Å². The molecule has 0 bridgehead atoms. The second-order valence-electron chi connectivity index (χ2n) is 6.77. The van der Waals surface area contributed by atoms with Crippen molar-refractivity contribution in [1.82, 2.24) is 10.0 Å². The molecule has 0 saturated heterocycles. The molecule has 0 spiro atoms. The average Bonchev–Trinajstić information content (AvgIpc) is 2.62. The summed E-state index contributed by atoms with van der Waals surface area (Å²) in [5.41, 5.74) is 4.33. The van der Waals surface area contributed by atoms with Crippen LogP contribution in [0.15, 0.2) is 17.6 Å². The second kappa shape index (κ2) is 9.84.